The van der Waals surface area contributed by atoms with E-state index in [-0.39, 0.29) is 11.6 Å². The molecule has 0 spiro atoms. The fourth-order valence-electron chi connectivity index (χ4n) is 7.26. The second-order valence-corrected chi connectivity index (χ2v) is 12.1. The highest BCUT2D eigenvalue weighted by atomic mass is 32.1. The Hall–Kier alpha value is -0.350. The van der Waals surface area contributed by atoms with E-state index in [9.17, 15) is 0 Å². The molecule has 2 unspecified atom stereocenters. The molecule has 4 fully saturated rings. The number of hydrogen-bond acceptors (Lipinski definition) is 3. The Morgan fingerprint density at radius 1 is 0.935 bits per heavy atom. The molecule has 0 amide bonds. The minimum absolute atomic E-state index is 0.181. The highest BCUT2D eigenvalue weighted by molar-refractivity contribution is 7.80. The van der Waals surface area contributed by atoms with Crippen molar-refractivity contribution in [3.05, 3.63) is 0 Å². The Kier molecular flexibility index (Phi) is 9.95. The van der Waals surface area contributed by atoms with Gasteiger partial charge in [-0.15, -0.1) is 0 Å². The third-order valence-corrected chi connectivity index (χ3v) is 8.59. The van der Waals surface area contributed by atoms with Crippen LogP contribution in [0.15, 0.2) is 0 Å². The zero-order valence-electron chi connectivity index (χ0n) is 21.0. The van der Waals surface area contributed by atoms with E-state index in [2.05, 4.69) is 38.2 Å². The SMILES string of the molecule is CCCCCCCCCCC(CN(C)C)C(C)OC(=S)NC12CC3CC(CC(C3)C1)C2. The molecule has 4 bridgehead atoms. The van der Waals surface area contributed by atoms with Gasteiger partial charge in [-0.2, -0.15) is 0 Å². The summed E-state index contributed by atoms with van der Waals surface area (Å²) >= 11 is 5.76. The molecule has 0 aromatic carbocycles. The molecule has 4 heteroatoms. The first kappa shape index (κ1) is 25.3. The Balaban J connectivity index is 1.40. The van der Waals surface area contributed by atoms with Crippen molar-refractivity contribution in [2.45, 2.75) is 122 Å². The molecular weight excluding hydrogens is 400 g/mol. The van der Waals surface area contributed by atoms with Gasteiger partial charge in [0.2, 0.25) is 0 Å². The van der Waals surface area contributed by atoms with E-state index in [4.69, 9.17) is 17.0 Å². The molecule has 2 atom stereocenters. The molecule has 4 rings (SSSR count). The van der Waals surface area contributed by atoms with Crippen LogP contribution in [0.5, 0.6) is 0 Å². The van der Waals surface area contributed by atoms with Gasteiger partial charge in [0, 0.05) is 18.0 Å². The minimum atomic E-state index is 0.181. The maximum atomic E-state index is 6.37. The Bertz CT molecular complexity index is 514. The molecule has 0 saturated heterocycles. The second-order valence-electron chi connectivity index (χ2n) is 11.7. The molecule has 0 aromatic rings. The Morgan fingerprint density at radius 2 is 1.45 bits per heavy atom. The Labute approximate surface area is 198 Å². The quantitative estimate of drug-likeness (QED) is 0.229. The minimum Gasteiger partial charge on any atom is -0.468 e. The van der Waals surface area contributed by atoms with Crippen LogP contribution < -0.4 is 5.32 Å². The summed E-state index contributed by atoms with van der Waals surface area (Å²) in [5.74, 6) is 3.35. The average molecular weight is 451 g/mol. The van der Waals surface area contributed by atoms with Gasteiger partial charge in [-0.05, 0) is 95.9 Å². The van der Waals surface area contributed by atoms with Gasteiger partial charge in [-0.25, -0.2) is 0 Å². The molecular formula is C27H50N2OS. The van der Waals surface area contributed by atoms with Gasteiger partial charge in [-0.3, -0.25) is 0 Å². The van der Waals surface area contributed by atoms with Gasteiger partial charge in [0.05, 0.1) is 0 Å². The predicted molar refractivity (Wildman–Crippen MR) is 136 cm³/mol. The third kappa shape index (κ3) is 7.88. The van der Waals surface area contributed by atoms with Gasteiger partial charge in [0.25, 0.3) is 5.17 Å². The number of thiocarbonyl (C=S) groups is 1. The number of ether oxygens (including phenoxy) is 1. The predicted octanol–water partition coefficient (Wildman–Crippen LogP) is 6.94. The van der Waals surface area contributed by atoms with Crippen molar-refractivity contribution in [3.8, 4) is 0 Å². The zero-order valence-corrected chi connectivity index (χ0v) is 21.8. The molecule has 0 radical (unpaired) electrons. The van der Waals surface area contributed by atoms with Crippen molar-refractivity contribution in [1.29, 1.82) is 0 Å². The van der Waals surface area contributed by atoms with Crippen LogP contribution in [-0.2, 0) is 4.74 Å². The van der Waals surface area contributed by atoms with Crippen LogP contribution >= 0.6 is 12.2 Å². The summed E-state index contributed by atoms with van der Waals surface area (Å²) in [6, 6.07) is 0. The lowest BCUT2D eigenvalue weighted by atomic mass is 9.53. The summed E-state index contributed by atoms with van der Waals surface area (Å²) < 4.78 is 6.37. The van der Waals surface area contributed by atoms with Gasteiger partial charge >= 0.3 is 0 Å². The molecule has 0 aromatic heterocycles. The number of unbranched alkanes of at least 4 members (excludes halogenated alkanes) is 7. The fraction of sp³-hybridized carbons (Fsp3) is 0.963. The second kappa shape index (κ2) is 12.2. The molecule has 1 N–H and O–H groups in total. The van der Waals surface area contributed by atoms with Crippen LogP contribution in [0.3, 0.4) is 0 Å². The normalized spacial score (nSPS) is 31.1. The van der Waals surface area contributed by atoms with Crippen LogP contribution in [-0.4, -0.2) is 42.4 Å². The van der Waals surface area contributed by atoms with E-state index in [1.165, 1.54) is 96.3 Å². The topological polar surface area (TPSA) is 24.5 Å². The first-order valence-corrected chi connectivity index (χ1v) is 13.9. The zero-order chi connectivity index (χ0) is 22.3. The first-order chi connectivity index (χ1) is 14.9. The maximum absolute atomic E-state index is 6.37. The summed E-state index contributed by atoms with van der Waals surface area (Å²) in [6.07, 6.45) is 20.8. The number of nitrogens with zero attached hydrogens (tertiary/aromatic N) is 1. The smallest absolute Gasteiger partial charge is 0.257 e. The number of hydrogen-bond donors (Lipinski definition) is 1. The number of rotatable bonds is 14. The molecule has 4 saturated carbocycles. The first-order valence-electron chi connectivity index (χ1n) is 13.5. The lowest BCUT2D eigenvalue weighted by Crippen LogP contribution is -2.60. The van der Waals surface area contributed by atoms with Crippen molar-refractivity contribution in [3.63, 3.8) is 0 Å². The monoisotopic (exact) mass is 450 g/mol. The highest BCUT2D eigenvalue weighted by Gasteiger charge is 2.51. The lowest BCUT2D eigenvalue weighted by molar-refractivity contribution is -0.0148. The largest absolute Gasteiger partial charge is 0.468 e. The summed E-state index contributed by atoms with van der Waals surface area (Å²) in [5, 5.41) is 4.44. The van der Waals surface area contributed by atoms with Crippen molar-refractivity contribution in [1.82, 2.24) is 10.2 Å². The van der Waals surface area contributed by atoms with E-state index in [1.54, 1.807) is 0 Å². The fourth-order valence-corrected chi connectivity index (χ4v) is 7.63. The molecule has 4 aliphatic carbocycles. The lowest BCUT2D eigenvalue weighted by Gasteiger charge is -2.57. The van der Waals surface area contributed by atoms with Crippen molar-refractivity contribution in [2.75, 3.05) is 20.6 Å². The molecule has 31 heavy (non-hydrogen) atoms. The van der Waals surface area contributed by atoms with Gasteiger partial charge in [0.15, 0.2) is 0 Å². The molecule has 0 heterocycles. The van der Waals surface area contributed by atoms with Crippen LogP contribution in [0.1, 0.15) is 110 Å². The van der Waals surface area contributed by atoms with Crippen LogP contribution in [0.4, 0.5) is 0 Å². The van der Waals surface area contributed by atoms with Gasteiger partial charge in [0.1, 0.15) is 6.10 Å². The average Bonchev–Trinajstić information content (AvgIpc) is 2.67. The van der Waals surface area contributed by atoms with Crippen LogP contribution in [0.2, 0.25) is 0 Å². The van der Waals surface area contributed by atoms with Crippen LogP contribution in [0.25, 0.3) is 0 Å². The maximum Gasteiger partial charge on any atom is 0.257 e. The van der Waals surface area contributed by atoms with E-state index in [0.29, 0.717) is 11.1 Å². The van der Waals surface area contributed by atoms with Crippen LogP contribution in [0, 0.1) is 23.7 Å². The third-order valence-electron chi connectivity index (χ3n) is 8.39. The summed E-state index contributed by atoms with van der Waals surface area (Å²) in [7, 11) is 4.36. The van der Waals surface area contributed by atoms with E-state index >= 15 is 0 Å². The van der Waals surface area contributed by atoms with E-state index in [0.717, 1.165) is 24.3 Å². The summed E-state index contributed by atoms with van der Waals surface area (Å²) in [6.45, 7) is 5.61. The summed E-state index contributed by atoms with van der Waals surface area (Å²) in [4.78, 5) is 2.31. The van der Waals surface area contributed by atoms with Crippen molar-refractivity contribution < 1.29 is 4.74 Å². The molecule has 180 valence electrons. The molecule has 4 aliphatic rings. The molecule has 0 aliphatic heterocycles. The standard InChI is InChI=1S/C27H50N2OS/c1-5-6-7-8-9-10-11-12-13-25(20-29(3)4)21(2)30-26(31)28-27-17-22-14-23(18-27)16-24(15-22)19-27/h21-25H,5-20H2,1-4H3,(H,28,31). The van der Waals surface area contributed by atoms with E-state index < -0.39 is 0 Å². The van der Waals surface area contributed by atoms with Crippen molar-refractivity contribution in [2.24, 2.45) is 23.7 Å². The van der Waals surface area contributed by atoms with Crippen molar-refractivity contribution >= 4 is 17.4 Å². The summed E-state index contributed by atoms with van der Waals surface area (Å²) in [5.41, 5.74) is 0.250. The molecule has 3 nitrogen and oxygen atoms in total. The Morgan fingerprint density at radius 3 is 1.97 bits per heavy atom. The van der Waals surface area contributed by atoms with Gasteiger partial charge < -0.3 is 15.0 Å². The highest BCUT2D eigenvalue weighted by Crippen LogP contribution is 2.55. The number of nitrogens with one attached hydrogen (secondary N) is 1. The van der Waals surface area contributed by atoms with E-state index in [1.807, 2.05) is 0 Å². The van der Waals surface area contributed by atoms with Gasteiger partial charge in [-0.1, -0.05) is 58.3 Å².